The first-order chi connectivity index (χ1) is 15.3. The molecule has 0 radical (unpaired) electrons. The maximum absolute atomic E-state index is 12.8. The number of benzene rings is 2. The molecule has 2 aromatic rings. The van der Waals surface area contributed by atoms with Crippen LogP contribution in [0.1, 0.15) is 5.56 Å². The summed E-state index contributed by atoms with van der Waals surface area (Å²) in [5, 5.41) is 0.361. The van der Waals surface area contributed by atoms with Crippen molar-refractivity contribution in [3.05, 3.63) is 48.0 Å². The fourth-order valence-corrected chi connectivity index (χ4v) is 7.85. The monoisotopic (exact) mass is 476 g/mol. The van der Waals surface area contributed by atoms with Gasteiger partial charge in [-0.25, -0.2) is 8.42 Å². The molecule has 1 amide bonds. The summed E-state index contributed by atoms with van der Waals surface area (Å²) in [5.74, 6) is 1.62. The number of carbonyl (C=O) groups is 1. The quantitative estimate of drug-likeness (QED) is 0.628. The zero-order valence-corrected chi connectivity index (χ0v) is 19.6. The van der Waals surface area contributed by atoms with Crippen LogP contribution in [0.15, 0.2) is 47.5 Å². The van der Waals surface area contributed by atoms with Crippen molar-refractivity contribution in [2.24, 2.45) is 4.99 Å². The van der Waals surface area contributed by atoms with Gasteiger partial charge in [0, 0.05) is 10.9 Å². The SMILES string of the molecule is COc1ccc(N2C(=NC(=O)Cc3ccc(OC)c(OC)c3)S[C@@H]3CS(=O)(=O)C[C@@H]32)cc1. The topological polar surface area (TPSA) is 94.5 Å². The maximum Gasteiger partial charge on any atom is 0.252 e. The van der Waals surface area contributed by atoms with Crippen molar-refractivity contribution in [1.29, 1.82) is 0 Å². The molecule has 170 valence electrons. The first-order valence-corrected chi connectivity index (χ1v) is 12.7. The summed E-state index contributed by atoms with van der Waals surface area (Å²) in [7, 11) is 1.55. The van der Waals surface area contributed by atoms with Crippen LogP contribution in [-0.4, -0.2) is 63.6 Å². The van der Waals surface area contributed by atoms with Gasteiger partial charge in [-0.3, -0.25) is 4.79 Å². The largest absolute Gasteiger partial charge is 0.497 e. The van der Waals surface area contributed by atoms with E-state index >= 15 is 0 Å². The fourth-order valence-electron chi connectivity index (χ4n) is 3.92. The number of amides is 1. The summed E-state index contributed by atoms with van der Waals surface area (Å²) >= 11 is 1.35. The van der Waals surface area contributed by atoms with Crippen LogP contribution >= 0.6 is 11.8 Å². The van der Waals surface area contributed by atoms with Crippen LogP contribution < -0.4 is 19.1 Å². The number of anilines is 1. The number of carbonyl (C=O) groups excluding carboxylic acids is 1. The first kappa shape index (κ1) is 22.5. The lowest BCUT2D eigenvalue weighted by Gasteiger charge is -2.24. The van der Waals surface area contributed by atoms with Gasteiger partial charge in [-0.15, -0.1) is 0 Å². The molecular formula is C22H24N2O6S2. The van der Waals surface area contributed by atoms with E-state index in [0.717, 1.165) is 11.3 Å². The highest BCUT2D eigenvalue weighted by Crippen LogP contribution is 2.41. The molecule has 0 aromatic heterocycles. The summed E-state index contributed by atoms with van der Waals surface area (Å²) in [5.41, 5.74) is 1.53. The zero-order valence-electron chi connectivity index (χ0n) is 18.0. The molecule has 0 N–H and O–H groups in total. The molecule has 2 fully saturated rings. The van der Waals surface area contributed by atoms with Gasteiger partial charge in [0.1, 0.15) is 5.75 Å². The van der Waals surface area contributed by atoms with E-state index in [0.29, 0.717) is 22.4 Å². The molecule has 8 nitrogen and oxygen atoms in total. The predicted octanol–water partition coefficient (Wildman–Crippen LogP) is 2.56. The van der Waals surface area contributed by atoms with Crippen LogP contribution in [0, 0.1) is 0 Å². The van der Waals surface area contributed by atoms with Crippen LogP contribution in [0.4, 0.5) is 5.69 Å². The number of nitrogens with zero attached hydrogens (tertiary/aromatic N) is 2. The van der Waals surface area contributed by atoms with Crippen LogP contribution in [0.5, 0.6) is 17.2 Å². The Morgan fingerprint density at radius 3 is 2.41 bits per heavy atom. The molecule has 0 bridgehead atoms. The minimum Gasteiger partial charge on any atom is -0.497 e. The number of hydrogen-bond acceptors (Lipinski definition) is 7. The van der Waals surface area contributed by atoms with Crippen molar-refractivity contribution in [2.75, 3.05) is 37.7 Å². The Kier molecular flexibility index (Phi) is 6.34. The highest BCUT2D eigenvalue weighted by molar-refractivity contribution is 8.16. The second kappa shape index (κ2) is 9.03. The van der Waals surface area contributed by atoms with E-state index < -0.39 is 9.84 Å². The number of sulfone groups is 1. The third-order valence-electron chi connectivity index (χ3n) is 5.44. The van der Waals surface area contributed by atoms with Crippen LogP contribution in [0.3, 0.4) is 0 Å². The molecule has 32 heavy (non-hydrogen) atoms. The standard InChI is InChI=1S/C22H24N2O6S2/c1-28-16-7-5-15(6-8-16)24-17-12-32(26,27)13-20(17)31-22(24)23-21(25)11-14-4-9-18(29-2)19(10-14)30-3/h4-10,17,20H,11-13H2,1-3H3/t17-,20+/m0/s1. The van der Waals surface area contributed by atoms with Gasteiger partial charge in [-0.05, 0) is 42.0 Å². The molecule has 2 aromatic carbocycles. The highest BCUT2D eigenvalue weighted by atomic mass is 32.2. The smallest absolute Gasteiger partial charge is 0.252 e. The van der Waals surface area contributed by atoms with E-state index in [9.17, 15) is 13.2 Å². The molecule has 2 aliphatic rings. The molecule has 2 aliphatic heterocycles. The van der Waals surface area contributed by atoms with Gasteiger partial charge in [0.05, 0.1) is 45.3 Å². The molecule has 10 heteroatoms. The molecular weight excluding hydrogens is 452 g/mol. The molecule has 2 heterocycles. The maximum atomic E-state index is 12.8. The minimum absolute atomic E-state index is 0.0413. The molecule has 0 unspecified atom stereocenters. The van der Waals surface area contributed by atoms with E-state index in [4.69, 9.17) is 14.2 Å². The molecule has 4 rings (SSSR count). The minimum atomic E-state index is -3.13. The molecule has 0 saturated carbocycles. The van der Waals surface area contributed by atoms with E-state index in [-0.39, 0.29) is 35.1 Å². The number of methoxy groups -OCH3 is 3. The van der Waals surface area contributed by atoms with Crippen molar-refractivity contribution in [2.45, 2.75) is 17.7 Å². The van der Waals surface area contributed by atoms with Crippen LogP contribution in [0.25, 0.3) is 0 Å². The van der Waals surface area contributed by atoms with E-state index in [2.05, 4.69) is 4.99 Å². The summed E-state index contributed by atoms with van der Waals surface area (Å²) in [6, 6.07) is 12.3. The average Bonchev–Trinajstić information content (AvgIpc) is 3.24. The van der Waals surface area contributed by atoms with Crippen molar-refractivity contribution in [1.82, 2.24) is 0 Å². The lowest BCUT2D eigenvalue weighted by molar-refractivity contribution is -0.117. The first-order valence-electron chi connectivity index (χ1n) is 9.96. The number of hydrogen-bond donors (Lipinski definition) is 0. The Balaban J connectivity index is 1.61. The van der Waals surface area contributed by atoms with Crippen molar-refractivity contribution in [3.63, 3.8) is 0 Å². The molecule has 2 atom stereocenters. The highest BCUT2D eigenvalue weighted by Gasteiger charge is 2.49. The number of ether oxygens (including phenoxy) is 3. The number of rotatable bonds is 6. The van der Waals surface area contributed by atoms with E-state index in [1.807, 2.05) is 17.0 Å². The van der Waals surface area contributed by atoms with Crippen molar-refractivity contribution >= 4 is 38.4 Å². The molecule has 0 aliphatic carbocycles. The van der Waals surface area contributed by atoms with Gasteiger partial charge in [-0.1, -0.05) is 17.8 Å². The molecule has 2 saturated heterocycles. The number of amidine groups is 1. The van der Waals surface area contributed by atoms with Gasteiger partial charge >= 0.3 is 0 Å². The third kappa shape index (κ3) is 4.56. The number of fused-ring (bicyclic) bond motifs is 1. The lowest BCUT2D eigenvalue weighted by Crippen LogP contribution is -2.37. The lowest BCUT2D eigenvalue weighted by atomic mass is 10.1. The number of thioether (sulfide) groups is 1. The van der Waals surface area contributed by atoms with Crippen LogP contribution in [-0.2, 0) is 21.1 Å². The zero-order chi connectivity index (χ0) is 22.9. The van der Waals surface area contributed by atoms with E-state index in [1.54, 1.807) is 51.7 Å². The summed E-state index contributed by atoms with van der Waals surface area (Å²) in [4.78, 5) is 19.0. The van der Waals surface area contributed by atoms with Crippen molar-refractivity contribution in [3.8, 4) is 17.2 Å². The predicted molar refractivity (Wildman–Crippen MR) is 125 cm³/mol. The summed E-state index contributed by atoms with van der Waals surface area (Å²) < 4.78 is 40.2. The van der Waals surface area contributed by atoms with Gasteiger partial charge in [0.25, 0.3) is 5.91 Å². The van der Waals surface area contributed by atoms with Gasteiger partial charge in [0.15, 0.2) is 26.5 Å². The Hall–Kier alpha value is -2.72. The Morgan fingerprint density at radius 1 is 1.03 bits per heavy atom. The van der Waals surface area contributed by atoms with Gasteiger partial charge < -0.3 is 19.1 Å². The third-order valence-corrected chi connectivity index (χ3v) is 8.65. The Labute approximate surface area is 191 Å². The second-order valence-corrected chi connectivity index (χ2v) is 10.9. The summed E-state index contributed by atoms with van der Waals surface area (Å²) in [6.45, 7) is 0. The van der Waals surface area contributed by atoms with Gasteiger partial charge in [-0.2, -0.15) is 4.99 Å². The average molecular weight is 477 g/mol. The van der Waals surface area contributed by atoms with E-state index in [1.165, 1.54) is 11.8 Å². The summed E-state index contributed by atoms with van der Waals surface area (Å²) in [6.07, 6.45) is 0.0918. The number of aliphatic imine (C=N–C) groups is 1. The van der Waals surface area contributed by atoms with Crippen LogP contribution in [0.2, 0.25) is 0 Å². The Morgan fingerprint density at radius 2 is 1.75 bits per heavy atom. The van der Waals surface area contributed by atoms with Gasteiger partial charge in [0.2, 0.25) is 0 Å². The molecule has 0 spiro atoms. The van der Waals surface area contributed by atoms with Crippen molar-refractivity contribution < 1.29 is 27.4 Å². The normalized spacial score (nSPS) is 22.6. The second-order valence-electron chi connectivity index (χ2n) is 7.52. The fraction of sp³-hybridized carbons (Fsp3) is 0.364. The Bertz CT molecular complexity index is 1150.